The minimum atomic E-state index is -0.814. The quantitative estimate of drug-likeness (QED) is 0.900. The highest BCUT2D eigenvalue weighted by Crippen LogP contribution is 2.24. The number of carboxylic acid groups (broad SMARTS) is 1. The summed E-state index contributed by atoms with van der Waals surface area (Å²) < 4.78 is 0.980. The van der Waals surface area contributed by atoms with Crippen molar-refractivity contribution in [1.29, 1.82) is 0 Å². The molecule has 1 amide bonds. The van der Waals surface area contributed by atoms with E-state index in [-0.39, 0.29) is 5.91 Å². The van der Waals surface area contributed by atoms with Gasteiger partial charge in [0.1, 0.15) is 0 Å². The minimum absolute atomic E-state index is 0.0657. The maximum atomic E-state index is 12.6. The molecule has 1 aromatic carbocycles. The molecule has 0 bridgehead atoms. The van der Waals surface area contributed by atoms with Gasteiger partial charge in [0.05, 0.1) is 5.92 Å². The first-order valence-corrected chi connectivity index (χ1v) is 7.48. The van der Waals surface area contributed by atoms with Crippen molar-refractivity contribution in [3.63, 3.8) is 0 Å². The number of nitrogens with zero attached hydrogens (tertiary/aromatic N) is 1. The zero-order valence-electron chi connectivity index (χ0n) is 11.6. The van der Waals surface area contributed by atoms with Crippen LogP contribution >= 0.6 is 15.9 Å². The van der Waals surface area contributed by atoms with Crippen LogP contribution in [0.3, 0.4) is 0 Å². The van der Waals surface area contributed by atoms with Crippen LogP contribution < -0.4 is 0 Å². The topological polar surface area (TPSA) is 57.6 Å². The number of carbonyl (C=O) groups is 2. The molecule has 1 heterocycles. The van der Waals surface area contributed by atoms with E-state index in [1.807, 2.05) is 26.0 Å². The van der Waals surface area contributed by atoms with Crippen molar-refractivity contribution < 1.29 is 14.7 Å². The number of likely N-dealkylation sites (tertiary alicyclic amines) is 1. The van der Waals surface area contributed by atoms with Gasteiger partial charge in [-0.3, -0.25) is 9.59 Å². The largest absolute Gasteiger partial charge is 0.481 e. The Morgan fingerprint density at radius 2 is 2.00 bits per heavy atom. The Morgan fingerprint density at radius 3 is 2.65 bits per heavy atom. The number of benzene rings is 1. The number of hydrogen-bond donors (Lipinski definition) is 1. The van der Waals surface area contributed by atoms with E-state index >= 15 is 0 Å². The molecule has 1 fully saturated rings. The van der Waals surface area contributed by atoms with E-state index in [0.717, 1.165) is 22.0 Å². The predicted molar refractivity (Wildman–Crippen MR) is 79.9 cm³/mol. The SMILES string of the molecule is Cc1cc(C(=O)N2CCCC(C(=O)O)C2)c(C)cc1Br. The summed E-state index contributed by atoms with van der Waals surface area (Å²) in [5.41, 5.74) is 2.58. The Hall–Kier alpha value is -1.36. The average molecular weight is 340 g/mol. The molecule has 0 aromatic heterocycles. The van der Waals surface area contributed by atoms with E-state index in [0.29, 0.717) is 25.1 Å². The van der Waals surface area contributed by atoms with Gasteiger partial charge in [-0.05, 0) is 49.9 Å². The third-order valence-corrected chi connectivity index (χ3v) is 4.65. The fourth-order valence-electron chi connectivity index (χ4n) is 2.54. The number of amides is 1. The third kappa shape index (κ3) is 3.03. The van der Waals surface area contributed by atoms with Crippen LogP contribution in [0, 0.1) is 19.8 Å². The normalized spacial score (nSPS) is 18.9. The molecule has 20 heavy (non-hydrogen) atoms. The molecule has 1 unspecified atom stereocenters. The highest BCUT2D eigenvalue weighted by atomic mass is 79.9. The first-order chi connectivity index (χ1) is 9.40. The molecule has 2 rings (SSSR count). The first kappa shape index (κ1) is 15.0. The molecule has 5 heteroatoms. The highest BCUT2D eigenvalue weighted by Gasteiger charge is 2.29. The lowest BCUT2D eigenvalue weighted by Crippen LogP contribution is -2.42. The first-order valence-electron chi connectivity index (χ1n) is 6.69. The molecule has 0 radical (unpaired) electrons. The van der Waals surface area contributed by atoms with Gasteiger partial charge < -0.3 is 10.0 Å². The fraction of sp³-hybridized carbons (Fsp3) is 0.467. The maximum Gasteiger partial charge on any atom is 0.308 e. The van der Waals surface area contributed by atoms with Crippen molar-refractivity contribution in [1.82, 2.24) is 4.90 Å². The molecular weight excluding hydrogens is 322 g/mol. The summed E-state index contributed by atoms with van der Waals surface area (Å²) in [5.74, 6) is -1.32. The summed E-state index contributed by atoms with van der Waals surface area (Å²) in [5, 5.41) is 9.10. The van der Waals surface area contributed by atoms with Gasteiger partial charge in [0.15, 0.2) is 0 Å². The van der Waals surface area contributed by atoms with E-state index in [1.165, 1.54) is 0 Å². The lowest BCUT2D eigenvalue weighted by atomic mass is 9.96. The molecule has 0 saturated carbocycles. The maximum absolute atomic E-state index is 12.6. The van der Waals surface area contributed by atoms with Crippen LogP contribution in [0.25, 0.3) is 0 Å². The van der Waals surface area contributed by atoms with Crippen molar-refractivity contribution in [2.45, 2.75) is 26.7 Å². The number of carbonyl (C=O) groups excluding carboxylic acids is 1. The van der Waals surface area contributed by atoms with E-state index in [4.69, 9.17) is 5.11 Å². The smallest absolute Gasteiger partial charge is 0.308 e. The van der Waals surface area contributed by atoms with Gasteiger partial charge in [-0.25, -0.2) is 0 Å². The molecule has 1 saturated heterocycles. The van der Waals surface area contributed by atoms with Crippen LogP contribution in [-0.4, -0.2) is 35.0 Å². The number of hydrogen-bond acceptors (Lipinski definition) is 2. The summed E-state index contributed by atoms with van der Waals surface area (Å²) in [6.07, 6.45) is 1.40. The van der Waals surface area contributed by atoms with Crippen molar-refractivity contribution in [3.8, 4) is 0 Å². The van der Waals surface area contributed by atoms with Gasteiger partial charge in [-0.2, -0.15) is 0 Å². The van der Waals surface area contributed by atoms with Gasteiger partial charge in [0.25, 0.3) is 5.91 Å². The second-order valence-corrected chi connectivity index (χ2v) is 6.20. The third-order valence-electron chi connectivity index (χ3n) is 3.79. The van der Waals surface area contributed by atoms with Gasteiger partial charge in [-0.1, -0.05) is 15.9 Å². The number of carboxylic acids is 1. The number of rotatable bonds is 2. The Kier molecular flexibility index (Phi) is 4.48. The lowest BCUT2D eigenvalue weighted by Gasteiger charge is -2.31. The summed E-state index contributed by atoms with van der Waals surface area (Å²) in [6.45, 7) is 4.78. The molecule has 1 aromatic rings. The Bertz CT molecular complexity index is 556. The second-order valence-electron chi connectivity index (χ2n) is 5.34. The van der Waals surface area contributed by atoms with Gasteiger partial charge >= 0.3 is 5.97 Å². The molecule has 1 N–H and O–H groups in total. The number of piperidine rings is 1. The Balaban J connectivity index is 2.23. The van der Waals surface area contributed by atoms with Crippen molar-refractivity contribution in [2.24, 2.45) is 5.92 Å². The van der Waals surface area contributed by atoms with E-state index < -0.39 is 11.9 Å². The average Bonchev–Trinajstić information content (AvgIpc) is 2.42. The van der Waals surface area contributed by atoms with Crippen LogP contribution in [0.2, 0.25) is 0 Å². The molecule has 0 spiro atoms. The van der Waals surface area contributed by atoms with E-state index in [1.54, 1.807) is 4.90 Å². The van der Waals surface area contributed by atoms with Crippen LogP contribution in [0.1, 0.15) is 34.3 Å². The zero-order valence-corrected chi connectivity index (χ0v) is 13.2. The Morgan fingerprint density at radius 1 is 1.30 bits per heavy atom. The van der Waals surface area contributed by atoms with E-state index in [2.05, 4.69) is 15.9 Å². The fourth-order valence-corrected chi connectivity index (χ4v) is 3.00. The Labute approximate surface area is 126 Å². The van der Waals surface area contributed by atoms with Crippen LogP contribution in [0.5, 0.6) is 0 Å². The predicted octanol–water partition coefficient (Wildman–Crippen LogP) is 3.00. The highest BCUT2D eigenvalue weighted by molar-refractivity contribution is 9.10. The molecule has 108 valence electrons. The number of aryl methyl sites for hydroxylation is 2. The van der Waals surface area contributed by atoms with Crippen molar-refractivity contribution >= 4 is 27.8 Å². The van der Waals surface area contributed by atoms with Crippen molar-refractivity contribution in [3.05, 3.63) is 33.3 Å². The molecule has 4 nitrogen and oxygen atoms in total. The molecule has 0 aliphatic carbocycles. The van der Waals surface area contributed by atoms with Crippen LogP contribution in [0.4, 0.5) is 0 Å². The second kappa shape index (κ2) is 5.95. The lowest BCUT2D eigenvalue weighted by molar-refractivity contribution is -0.143. The minimum Gasteiger partial charge on any atom is -0.481 e. The van der Waals surface area contributed by atoms with E-state index in [9.17, 15) is 9.59 Å². The summed E-state index contributed by atoms with van der Waals surface area (Å²) in [7, 11) is 0. The summed E-state index contributed by atoms with van der Waals surface area (Å²) in [4.78, 5) is 25.3. The standard InChI is InChI=1S/C15H18BrNO3/c1-9-7-13(16)10(2)6-12(9)14(18)17-5-3-4-11(8-17)15(19)20/h6-7,11H,3-5,8H2,1-2H3,(H,19,20). The van der Waals surface area contributed by atoms with Crippen LogP contribution in [0.15, 0.2) is 16.6 Å². The monoisotopic (exact) mass is 339 g/mol. The molecular formula is C15H18BrNO3. The number of aliphatic carboxylic acids is 1. The molecule has 1 aliphatic heterocycles. The molecule has 1 atom stereocenters. The summed E-state index contributed by atoms with van der Waals surface area (Å²) in [6, 6.07) is 3.80. The summed E-state index contributed by atoms with van der Waals surface area (Å²) >= 11 is 3.45. The van der Waals surface area contributed by atoms with Gasteiger partial charge in [-0.15, -0.1) is 0 Å². The van der Waals surface area contributed by atoms with Crippen molar-refractivity contribution in [2.75, 3.05) is 13.1 Å². The van der Waals surface area contributed by atoms with Gasteiger partial charge in [0, 0.05) is 23.1 Å². The number of halogens is 1. The molecule has 1 aliphatic rings. The van der Waals surface area contributed by atoms with Crippen LogP contribution in [-0.2, 0) is 4.79 Å². The van der Waals surface area contributed by atoms with Gasteiger partial charge in [0.2, 0.25) is 0 Å². The zero-order chi connectivity index (χ0) is 14.9.